The molecule has 0 aromatic heterocycles. The Morgan fingerprint density at radius 1 is 1.33 bits per heavy atom. The Kier molecular flexibility index (Phi) is 1.35. The van der Waals surface area contributed by atoms with Crippen molar-refractivity contribution in [1.29, 1.82) is 0 Å². The monoisotopic (exact) mass is 120 g/mol. The minimum absolute atomic E-state index is 0.500. The number of hydrogen-bond donors (Lipinski definition) is 0. The van der Waals surface area contributed by atoms with Crippen LogP contribution in [0.5, 0.6) is 0 Å². The highest BCUT2D eigenvalue weighted by molar-refractivity contribution is 5.71. The maximum atomic E-state index is 10.4. The molecule has 0 N–H and O–H groups in total. The molecule has 0 heterocycles. The quantitative estimate of drug-likeness (QED) is 0.398. The fourth-order valence-electron chi connectivity index (χ4n) is 0.763. The number of carbonyl (C=O) groups is 1. The van der Waals surface area contributed by atoms with Crippen molar-refractivity contribution >= 4 is 6.29 Å². The highest BCUT2D eigenvalue weighted by atomic mass is 16.1. The van der Waals surface area contributed by atoms with Gasteiger partial charge < -0.3 is 4.79 Å². The van der Waals surface area contributed by atoms with Gasteiger partial charge >= 0.3 is 0 Å². The van der Waals surface area contributed by atoms with E-state index in [0.717, 1.165) is 6.29 Å². The predicted octanol–water partition coefficient (Wildman–Crippen LogP) is 1.48. The van der Waals surface area contributed by atoms with E-state index < -0.39 is 5.41 Å². The molecule has 0 fully saturated rings. The molecule has 0 aliphatic heterocycles. The van der Waals surface area contributed by atoms with Gasteiger partial charge in [-0.1, -0.05) is 30.4 Å². The van der Waals surface area contributed by atoms with Crippen molar-refractivity contribution in [2.24, 2.45) is 5.41 Å². The molecule has 0 saturated heterocycles. The summed E-state index contributed by atoms with van der Waals surface area (Å²) in [5.74, 6) is 0. The molecule has 0 atom stereocenters. The Morgan fingerprint density at radius 3 is 2.11 bits per heavy atom. The Morgan fingerprint density at radius 2 is 1.89 bits per heavy atom. The molecule has 1 heteroatoms. The lowest BCUT2D eigenvalue weighted by Gasteiger charge is -2.08. The Bertz CT molecular complexity index is 165. The third-order valence-corrected chi connectivity index (χ3v) is 1.44. The van der Waals surface area contributed by atoms with E-state index in [0.29, 0.717) is 0 Å². The number of aldehydes is 1. The van der Waals surface area contributed by atoms with E-state index >= 15 is 0 Å². The van der Waals surface area contributed by atoms with Crippen molar-refractivity contribution in [3.05, 3.63) is 37.0 Å². The summed E-state index contributed by atoms with van der Waals surface area (Å²) in [6.07, 6.45) is 9.81. The van der Waals surface area contributed by atoms with Gasteiger partial charge in [0.15, 0.2) is 0 Å². The Hall–Kier alpha value is -1.11. The summed E-state index contributed by atoms with van der Waals surface area (Å²) in [7, 11) is 0. The molecule has 0 saturated carbocycles. The summed E-state index contributed by atoms with van der Waals surface area (Å²) >= 11 is 0. The van der Waals surface area contributed by atoms with E-state index in [-0.39, 0.29) is 0 Å². The molecular weight excluding hydrogens is 112 g/mol. The summed E-state index contributed by atoms with van der Waals surface area (Å²) < 4.78 is 0. The van der Waals surface area contributed by atoms with Crippen molar-refractivity contribution in [3.63, 3.8) is 0 Å². The molecule has 0 bridgehead atoms. The molecule has 1 aliphatic carbocycles. The van der Waals surface area contributed by atoms with E-state index in [1.807, 2.05) is 24.3 Å². The Balaban J connectivity index is 2.94. The molecule has 0 amide bonds. The van der Waals surface area contributed by atoms with Crippen LogP contribution in [0.25, 0.3) is 0 Å². The van der Waals surface area contributed by atoms with Gasteiger partial charge in [-0.2, -0.15) is 0 Å². The van der Waals surface area contributed by atoms with Crippen LogP contribution in [0.2, 0.25) is 0 Å². The average molecular weight is 120 g/mol. The predicted molar refractivity (Wildman–Crippen MR) is 37.0 cm³/mol. The number of allylic oxidation sites excluding steroid dienone is 5. The van der Waals surface area contributed by atoms with Gasteiger partial charge in [0.2, 0.25) is 0 Å². The molecule has 1 aliphatic rings. The maximum Gasteiger partial charge on any atom is 0.137 e. The zero-order valence-electron chi connectivity index (χ0n) is 5.08. The zero-order chi connectivity index (χ0) is 6.74. The van der Waals surface area contributed by atoms with Crippen molar-refractivity contribution in [2.75, 3.05) is 0 Å². The van der Waals surface area contributed by atoms with Gasteiger partial charge in [-0.15, -0.1) is 6.58 Å². The summed E-state index contributed by atoms with van der Waals surface area (Å²) in [4.78, 5) is 10.4. The standard InChI is InChI=1S/C8H8O/c1-2-8(7-9)5-3-4-6-8/h2-7H,1H2. The van der Waals surface area contributed by atoms with Crippen molar-refractivity contribution in [1.82, 2.24) is 0 Å². The van der Waals surface area contributed by atoms with Crippen LogP contribution in [-0.2, 0) is 4.79 Å². The van der Waals surface area contributed by atoms with Crippen LogP contribution in [0.1, 0.15) is 0 Å². The Labute approximate surface area is 54.4 Å². The highest BCUT2D eigenvalue weighted by Crippen LogP contribution is 2.23. The lowest BCUT2D eigenvalue weighted by atomic mass is 9.93. The van der Waals surface area contributed by atoms with Crippen LogP contribution >= 0.6 is 0 Å². The zero-order valence-corrected chi connectivity index (χ0v) is 5.08. The summed E-state index contributed by atoms with van der Waals surface area (Å²) in [6.45, 7) is 3.55. The number of rotatable bonds is 2. The van der Waals surface area contributed by atoms with Gasteiger partial charge in [0.25, 0.3) is 0 Å². The second kappa shape index (κ2) is 2.02. The average Bonchev–Trinajstić information content (AvgIpc) is 2.36. The van der Waals surface area contributed by atoms with Gasteiger partial charge in [-0.05, 0) is 0 Å². The molecule has 46 valence electrons. The van der Waals surface area contributed by atoms with E-state index in [1.54, 1.807) is 6.08 Å². The molecule has 9 heavy (non-hydrogen) atoms. The van der Waals surface area contributed by atoms with E-state index in [1.165, 1.54) is 0 Å². The van der Waals surface area contributed by atoms with E-state index in [9.17, 15) is 4.79 Å². The van der Waals surface area contributed by atoms with Crippen molar-refractivity contribution in [3.8, 4) is 0 Å². The van der Waals surface area contributed by atoms with Gasteiger partial charge in [-0.25, -0.2) is 0 Å². The first-order chi connectivity index (χ1) is 4.33. The first kappa shape index (κ1) is 6.02. The van der Waals surface area contributed by atoms with E-state index in [2.05, 4.69) is 6.58 Å². The summed E-state index contributed by atoms with van der Waals surface area (Å²) in [5.41, 5.74) is -0.500. The lowest BCUT2D eigenvalue weighted by Crippen LogP contribution is -2.09. The SMILES string of the molecule is C=CC1(C=O)C=CC=C1. The molecule has 0 aromatic rings. The molecule has 1 nitrogen and oxygen atoms in total. The van der Waals surface area contributed by atoms with Gasteiger partial charge in [0.05, 0.1) is 5.41 Å². The minimum atomic E-state index is -0.500. The number of carbonyl (C=O) groups excluding carboxylic acids is 1. The molecule has 0 radical (unpaired) electrons. The molecular formula is C8H8O. The molecule has 1 rings (SSSR count). The molecule has 0 unspecified atom stereocenters. The third-order valence-electron chi connectivity index (χ3n) is 1.44. The van der Waals surface area contributed by atoms with Crippen LogP contribution in [0.15, 0.2) is 37.0 Å². The summed E-state index contributed by atoms with van der Waals surface area (Å²) in [6, 6.07) is 0. The minimum Gasteiger partial charge on any atom is -0.302 e. The molecule has 0 aromatic carbocycles. The van der Waals surface area contributed by atoms with Crippen molar-refractivity contribution < 1.29 is 4.79 Å². The third kappa shape index (κ3) is 0.854. The lowest BCUT2D eigenvalue weighted by molar-refractivity contribution is -0.110. The van der Waals surface area contributed by atoms with Gasteiger partial charge in [0.1, 0.15) is 6.29 Å². The molecule has 0 spiro atoms. The van der Waals surface area contributed by atoms with Crippen molar-refractivity contribution in [2.45, 2.75) is 0 Å². The van der Waals surface area contributed by atoms with Gasteiger partial charge in [0, 0.05) is 0 Å². The van der Waals surface area contributed by atoms with Crippen LogP contribution in [-0.4, -0.2) is 6.29 Å². The normalized spacial score (nSPS) is 20.0. The fraction of sp³-hybridized carbons (Fsp3) is 0.125. The number of hydrogen-bond acceptors (Lipinski definition) is 1. The second-order valence-corrected chi connectivity index (χ2v) is 2.04. The highest BCUT2D eigenvalue weighted by Gasteiger charge is 2.19. The fourth-order valence-corrected chi connectivity index (χ4v) is 0.763. The van der Waals surface area contributed by atoms with Gasteiger partial charge in [-0.3, -0.25) is 0 Å². The van der Waals surface area contributed by atoms with E-state index in [4.69, 9.17) is 0 Å². The van der Waals surface area contributed by atoms with Crippen LogP contribution in [0, 0.1) is 5.41 Å². The second-order valence-electron chi connectivity index (χ2n) is 2.04. The topological polar surface area (TPSA) is 17.1 Å². The van der Waals surface area contributed by atoms with Crippen LogP contribution < -0.4 is 0 Å². The largest absolute Gasteiger partial charge is 0.302 e. The van der Waals surface area contributed by atoms with Crippen LogP contribution in [0.4, 0.5) is 0 Å². The summed E-state index contributed by atoms with van der Waals surface area (Å²) in [5, 5.41) is 0. The first-order valence-corrected chi connectivity index (χ1v) is 2.80. The maximum absolute atomic E-state index is 10.4. The first-order valence-electron chi connectivity index (χ1n) is 2.80. The van der Waals surface area contributed by atoms with Crippen LogP contribution in [0.3, 0.4) is 0 Å². The smallest absolute Gasteiger partial charge is 0.137 e.